The number of pyridine rings is 1. The molecular weight excluding hydrogens is 260 g/mol. The summed E-state index contributed by atoms with van der Waals surface area (Å²) in [5.74, 6) is 0.0230. The second-order valence-corrected chi connectivity index (χ2v) is 5.41. The molecule has 0 atom stereocenters. The number of unbranched alkanes of at least 4 members (excludes halogenated alkanes) is 1. The zero-order valence-corrected chi connectivity index (χ0v) is 13.0. The fourth-order valence-corrected chi connectivity index (χ4v) is 2.14. The van der Waals surface area contributed by atoms with Gasteiger partial charge in [-0.1, -0.05) is 13.3 Å². The van der Waals surface area contributed by atoms with Crippen molar-refractivity contribution in [2.24, 2.45) is 0 Å². The first-order valence-electron chi connectivity index (χ1n) is 7.39. The lowest BCUT2D eigenvalue weighted by atomic mass is 10.0. The fourth-order valence-electron chi connectivity index (χ4n) is 2.14. The summed E-state index contributed by atoms with van der Waals surface area (Å²) < 4.78 is 0. The molecule has 3 nitrogen and oxygen atoms in total. The molecular formula is C18H22N2O. The summed E-state index contributed by atoms with van der Waals surface area (Å²) in [7, 11) is 3.96. The molecule has 1 heterocycles. The van der Waals surface area contributed by atoms with Gasteiger partial charge in [0, 0.05) is 42.8 Å². The quantitative estimate of drug-likeness (QED) is 0.757. The van der Waals surface area contributed by atoms with Gasteiger partial charge in [0.1, 0.15) is 0 Å². The number of hydrogen-bond donors (Lipinski definition) is 0. The Morgan fingerprint density at radius 2 is 1.71 bits per heavy atom. The van der Waals surface area contributed by atoms with Crippen LogP contribution in [0.25, 0.3) is 0 Å². The van der Waals surface area contributed by atoms with Crippen LogP contribution < -0.4 is 4.90 Å². The van der Waals surface area contributed by atoms with Crippen molar-refractivity contribution >= 4 is 11.5 Å². The van der Waals surface area contributed by atoms with E-state index in [0.29, 0.717) is 11.1 Å². The van der Waals surface area contributed by atoms with Crippen molar-refractivity contribution in [3.8, 4) is 0 Å². The lowest BCUT2D eigenvalue weighted by Crippen LogP contribution is -2.09. The van der Waals surface area contributed by atoms with Gasteiger partial charge in [0.15, 0.2) is 5.78 Å². The number of ketones is 1. The fraction of sp³-hybridized carbons (Fsp3) is 0.333. The van der Waals surface area contributed by atoms with Gasteiger partial charge in [0.2, 0.25) is 0 Å². The number of anilines is 1. The minimum absolute atomic E-state index is 0.0230. The number of nitrogens with zero attached hydrogens (tertiary/aromatic N) is 2. The molecule has 0 aliphatic carbocycles. The van der Waals surface area contributed by atoms with E-state index in [4.69, 9.17) is 0 Å². The molecule has 0 unspecified atom stereocenters. The van der Waals surface area contributed by atoms with E-state index in [0.717, 1.165) is 30.6 Å². The molecule has 2 aromatic rings. The minimum Gasteiger partial charge on any atom is -0.378 e. The molecule has 2 rings (SSSR count). The van der Waals surface area contributed by atoms with Gasteiger partial charge in [-0.2, -0.15) is 0 Å². The molecule has 0 saturated carbocycles. The smallest absolute Gasteiger partial charge is 0.194 e. The average Bonchev–Trinajstić information content (AvgIpc) is 2.53. The molecule has 21 heavy (non-hydrogen) atoms. The van der Waals surface area contributed by atoms with Crippen LogP contribution in [0.4, 0.5) is 5.69 Å². The number of hydrogen-bond acceptors (Lipinski definition) is 3. The standard InChI is InChI=1S/C18H22N2O/c1-4-5-6-16-10-7-15(13-19-16)18(21)14-8-11-17(12-9-14)20(2)3/h7-13H,4-6H2,1-3H3. The first-order chi connectivity index (χ1) is 10.1. The van der Waals surface area contributed by atoms with Crippen molar-refractivity contribution < 1.29 is 4.79 Å². The Morgan fingerprint density at radius 1 is 1.05 bits per heavy atom. The van der Waals surface area contributed by atoms with Crippen molar-refractivity contribution in [1.82, 2.24) is 4.98 Å². The maximum absolute atomic E-state index is 12.4. The number of rotatable bonds is 6. The largest absolute Gasteiger partial charge is 0.378 e. The van der Waals surface area contributed by atoms with E-state index in [1.807, 2.05) is 55.4 Å². The summed E-state index contributed by atoms with van der Waals surface area (Å²) in [5.41, 5.74) is 3.48. The molecule has 0 aliphatic rings. The van der Waals surface area contributed by atoms with E-state index in [1.165, 1.54) is 0 Å². The Bertz CT molecular complexity index is 586. The Labute approximate surface area is 126 Å². The Morgan fingerprint density at radius 3 is 2.24 bits per heavy atom. The van der Waals surface area contributed by atoms with E-state index in [-0.39, 0.29) is 5.78 Å². The highest BCUT2D eigenvalue weighted by atomic mass is 16.1. The zero-order valence-electron chi connectivity index (χ0n) is 13.0. The molecule has 0 N–H and O–H groups in total. The van der Waals surface area contributed by atoms with Crippen LogP contribution in [0, 0.1) is 0 Å². The molecule has 110 valence electrons. The van der Waals surface area contributed by atoms with Crippen LogP contribution in [0.3, 0.4) is 0 Å². The zero-order chi connectivity index (χ0) is 15.2. The number of carbonyl (C=O) groups is 1. The van der Waals surface area contributed by atoms with Crippen LogP contribution >= 0.6 is 0 Å². The molecule has 3 heteroatoms. The average molecular weight is 282 g/mol. The number of aryl methyl sites for hydroxylation is 1. The number of benzene rings is 1. The van der Waals surface area contributed by atoms with Gasteiger partial charge < -0.3 is 4.90 Å². The van der Waals surface area contributed by atoms with Crippen molar-refractivity contribution in [1.29, 1.82) is 0 Å². The molecule has 0 amide bonds. The second kappa shape index (κ2) is 7.02. The van der Waals surface area contributed by atoms with Crippen LogP contribution in [0.1, 0.15) is 41.4 Å². The van der Waals surface area contributed by atoms with Crippen molar-refractivity contribution in [3.05, 3.63) is 59.4 Å². The first-order valence-corrected chi connectivity index (χ1v) is 7.39. The molecule has 0 saturated heterocycles. The van der Waals surface area contributed by atoms with Gasteiger partial charge in [-0.25, -0.2) is 0 Å². The lowest BCUT2D eigenvalue weighted by molar-refractivity contribution is 0.103. The van der Waals surface area contributed by atoms with Gasteiger partial charge in [-0.05, 0) is 49.2 Å². The third kappa shape index (κ3) is 3.91. The molecule has 0 fully saturated rings. The summed E-state index contributed by atoms with van der Waals surface area (Å²) in [4.78, 5) is 18.8. The molecule has 0 radical (unpaired) electrons. The summed E-state index contributed by atoms with van der Waals surface area (Å²) >= 11 is 0. The van der Waals surface area contributed by atoms with Crippen LogP contribution in [0.5, 0.6) is 0 Å². The van der Waals surface area contributed by atoms with Crippen LogP contribution in [-0.4, -0.2) is 24.9 Å². The Hall–Kier alpha value is -2.16. The van der Waals surface area contributed by atoms with Crippen molar-refractivity contribution in [3.63, 3.8) is 0 Å². The van der Waals surface area contributed by atoms with E-state index < -0.39 is 0 Å². The summed E-state index contributed by atoms with van der Waals surface area (Å²) in [6.07, 6.45) is 4.95. The van der Waals surface area contributed by atoms with Gasteiger partial charge in [0.25, 0.3) is 0 Å². The SMILES string of the molecule is CCCCc1ccc(C(=O)c2ccc(N(C)C)cc2)cn1. The van der Waals surface area contributed by atoms with Crippen molar-refractivity contribution in [2.75, 3.05) is 19.0 Å². The highest BCUT2D eigenvalue weighted by Gasteiger charge is 2.09. The maximum Gasteiger partial charge on any atom is 0.194 e. The Kier molecular flexibility index (Phi) is 5.09. The second-order valence-electron chi connectivity index (χ2n) is 5.41. The van der Waals surface area contributed by atoms with Gasteiger partial charge in [-0.15, -0.1) is 0 Å². The lowest BCUT2D eigenvalue weighted by Gasteiger charge is -2.12. The third-order valence-corrected chi connectivity index (χ3v) is 3.52. The van der Waals surface area contributed by atoms with Crippen LogP contribution in [0.2, 0.25) is 0 Å². The number of aromatic nitrogens is 1. The van der Waals surface area contributed by atoms with E-state index >= 15 is 0 Å². The molecule has 0 bridgehead atoms. The summed E-state index contributed by atoms with van der Waals surface area (Å²) in [5, 5.41) is 0. The number of carbonyl (C=O) groups excluding carboxylic acids is 1. The summed E-state index contributed by atoms with van der Waals surface area (Å²) in [6.45, 7) is 2.16. The molecule has 0 aliphatic heterocycles. The van der Waals surface area contributed by atoms with Gasteiger partial charge >= 0.3 is 0 Å². The highest BCUT2D eigenvalue weighted by molar-refractivity contribution is 6.08. The van der Waals surface area contributed by atoms with Gasteiger partial charge in [0.05, 0.1) is 0 Å². The maximum atomic E-state index is 12.4. The predicted molar refractivity (Wildman–Crippen MR) is 87.1 cm³/mol. The molecule has 1 aromatic heterocycles. The van der Waals surface area contributed by atoms with Crippen LogP contribution in [-0.2, 0) is 6.42 Å². The topological polar surface area (TPSA) is 33.2 Å². The highest BCUT2D eigenvalue weighted by Crippen LogP contribution is 2.15. The van der Waals surface area contributed by atoms with E-state index in [9.17, 15) is 4.79 Å². The van der Waals surface area contributed by atoms with E-state index in [2.05, 4.69) is 11.9 Å². The summed E-state index contributed by atoms with van der Waals surface area (Å²) in [6, 6.07) is 11.5. The van der Waals surface area contributed by atoms with E-state index in [1.54, 1.807) is 6.20 Å². The third-order valence-electron chi connectivity index (χ3n) is 3.52. The first kappa shape index (κ1) is 15.2. The predicted octanol–water partition coefficient (Wildman–Crippen LogP) is 3.72. The minimum atomic E-state index is 0.0230. The Balaban J connectivity index is 2.12. The van der Waals surface area contributed by atoms with Crippen LogP contribution in [0.15, 0.2) is 42.6 Å². The van der Waals surface area contributed by atoms with Crippen molar-refractivity contribution in [2.45, 2.75) is 26.2 Å². The molecule has 1 aromatic carbocycles. The molecule has 0 spiro atoms. The van der Waals surface area contributed by atoms with Gasteiger partial charge in [-0.3, -0.25) is 9.78 Å². The normalized spacial score (nSPS) is 10.4. The monoisotopic (exact) mass is 282 g/mol.